The molecule has 3 saturated heterocycles. The van der Waals surface area contributed by atoms with Gasteiger partial charge in [-0.1, -0.05) is 49.4 Å². The van der Waals surface area contributed by atoms with Crippen molar-refractivity contribution in [1.82, 2.24) is 15.1 Å². The molecule has 44 heavy (non-hydrogen) atoms. The topological polar surface area (TPSA) is 125 Å². The molecule has 3 aliphatic rings. The monoisotopic (exact) mass is 609 g/mol. The molecule has 1 aromatic carbocycles. The van der Waals surface area contributed by atoms with Gasteiger partial charge >= 0.3 is 5.97 Å². The summed E-state index contributed by atoms with van der Waals surface area (Å²) in [7, 11) is 0. The number of ether oxygens (including phenoxy) is 2. The zero-order valence-electron chi connectivity index (χ0n) is 26.4. The van der Waals surface area contributed by atoms with Gasteiger partial charge in [0.1, 0.15) is 17.7 Å². The molecule has 0 aliphatic carbocycles. The Labute approximate surface area is 260 Å². The van der Waals surface area contributed by atoms with Crippen molar-refractivity contribution < 1.29 is 33.8 Å². The number of benzene rings is 1. The first-order valence-electron chi connectivity index (χ1n) is 15.6. The number of allylic oxidation sites excluding steroid dienone is 1. The van der Waals surface area contributed by atoms with E-state index in [0.29, 0.717) is 31.2 Å². The lowest BCUT2D eigenvalue weighted by molar-refractivity contribution is -0.161. The smallest absolute Gasteiger partial charge is 0.313 e. The van der Waals surface area contributed by atoms with Gasteiger partial charge in [0.2, 0.25) is 17.7 Å². The normalized spacial score (nSPS) is 26.9. The van der Waals surface area contributed by atoms with Crippen LogP contribution in [0.25, 0.3) is 0 Å². The standard InChI is InChI=1S/C34H47N3O7/c1-7-10-16-26(39)35-20-25(22-14-12-11-13-15-22)43-32(42)27-24-17-18-34(44-24)28(27)30(40)37(23(9-3)21-38)29(34)31(41)36(19-8-2)33(4,5)6/h7-8,11-15,23-25,27-29,38H,1-2,9-10,16-21H2,3-6H3,(H,35,39)/t23-,24-,25+,27+,28+,29-,34+/m0/s1. The molecule has 10 heteroatoms. The molecule has 240 valence electrons. The molecule has 1 spiro atoms. The molecule has 0 unspecified atom stereocenters. The SMILES string of the molecule is C=CCCC(=O)NC[C@@H](OC(=O)[C@@H]1[C@@H]2CC[C@]3(O2)[C@H](C(=O)N(CC=C)C(C)(C)C)N([C@@H](CC)CO)C(=O)[C@@H]13)c1ccccc1. The summed E-state index contributed by atoms with van der Waals surface area (Å²) in [6, 6.07) is 7.50. The fourth-order valence-corrected chi connectivity index (χ4v) is 7.06. The Morgan fingerprint density at radius 1 is 1.23 bits per heavy atom. The largest absolute Gasteiger partial charge is 0.455 e. The lowest BCUT2D eigenvalue weighted by Gasteiger charge is -2.43. The van der Waals surface area contributed by atoms with E-state index in [-0.39, 0.29) is 43.8 Å². The Hall–Kier alpha value is -3.50. The van der Waals surface area contributed by atoms with E-state index in [1.54, 1.807) is 17.1 Å². The average molecular weight is 610 g/mol. The van der Waals surface area contributed by atoms with Gasteiger partial charge in [0.15, 0.2) is 0 Å². The molecule has 3 aliphatic heterocycles. The van der Waals surface area contributed by atoms with E-state index >= 15 is 0 Å². The Balaban J connectivity index is 1.67. The molecular formula is C34H47N3O7. The predicted molar refractivity (Wildman–Crippen MR) is 165 cm³/mol. The fraction of sp³-hybridized carbons (Fsp3) is 0.588. The molecule has 2 N–H and O–H groups in total. The maximum absolute atomic E-state index is 14.4. The van der Waals surface area contributed by atoms with Gasteiger partial charge in [-0.05, 0) is 52.0 Å². The summed E-state index contributed by atoms with van der Waals surface area (Å²) in [6.45, 7) is 15.1. The number of likely N-dealkylation sites (tertiary alicyclic amines) is 1. The quantitative estimate of drug-likeness (QED) is 0.245. The van der Waals surface area contributed by atoms with Crippen LogP contribution >= 0.6 is 0 Å². The summed E-state index contributed by atoms with van der Waals surface area (Å²) in [5.74, 6) is -3.34. The van der Waals surface area contributed by atoms with Gasteiger partial charge in [-0.3, -0.25) is 19.2 Å². The third-order valence-electron chi connectivity index (χ3n) is 9.20. The first-order valence-corrected chi connectivity index (χ1v) is 15.6. The Kier molecular flexibility index (Phi) is 10.4. The van der Waals surface area contributed by atoms with Crippen molar-refractivity contribution in [3.05, 3.63) is 61.2 Å². The van der Waals surface area contributed by atoms with Crippen molar-refractivity contribution >= 4 is 23.7 Å². The molecule has 7 atom stereocenters. The molecule has 0 saturated carbocycles. The average Bonchev–Trinajstić information content (AvgIpc) is 3.64. The van der Waals surface area contributed by atoms with Crippen molar-refractivity contribution in [3.63, 3.8) is 0 Å². The lowest BCUT2D eigenvalue weighted by atomic mass is 9.70. The van der Waals surface area contributed by atoms with E-state index in [2.05, 4.69) is 18.5 Å². The second-order valence-corrected chi connectivity index (χ2v) is 12.9. The Bertz CT molecular complexity index is 1240. The molecule has 10 nitrogen and oxygen atoms in total. The first kappa shape index (κ1) is 33.4. The number of aliphatic hydroxyl groups excluding tert-OH is 1. The number of carbonyl (C=O) groups is 4. The number of esters is 1. The van der Waals surface area contributed by atoms with Gasteiger partial charge in [-0.2, -0.15) is 0 Å². The molecule has 0 aromatic heterocycles. The van der Waals surface area contributed by atoms with Gasteiger partial charge in [0.25, 0.3) is 0 Å². The van der Waals surface area contributed by atoms with Gasteiger partial charge in [-0.25, -0.2) is 0 Å². The Morgan fingerprint density at radius 2 is 1.93 bits per heavy atom. The highest BCUT2D eigenvalue weighted by Gasteiger charge is 2.75. The molecule has 0 radical (unpaired) electrons. The highest BCUT2D eigenvalue weighted by molar-refractivity contribution is 5.98. The van der Waals surface area contributed by atoms with Crippen LogP contribution in [0.2, 0.25) is 0 Å². The highest BCUT2D eigenvalue weighted by Crippen LogP contribution is 2.59. The minimum absolute atomic E-state index is 0.0610. The minimum Gasteiger partial charge on any atom is -0.455 e. The number of fused-ring (bicyclic) bond motifs is 1. The second-order valence-electron chi connectivity index (χ2n) is 12.9. The summed E-state index contributed by atoms with van der Waals surface area (Å²) in [6.07, 6.45) is 4.06. The van der Waals surface area contributed by atoms with Crippen molar-refractivity contribution in [1.29, 1.82) is 0 Å². The molecule has 3 heterocycles. The number of rotatable bonds is 14. The maximum atomic E-state index is 14.4. The van der Waals surface area contributed by atoms with E-state index in [1.807, 2.05) is 58.0 Å². The van der Waals surface area contributed by atoms with Crippen molar-refractivity contribution in [2.45, 2.75) is 95.2 Å². The zero-order valence-corrected chi connectivity index (χ0v) is 26.4. The van der Waals surface area contributed by atoms with Crippen LogP contribution in [0.1, 0.15) is 71.5 Å². The van der Waals surface area contributed by atoms with Crippen LogP contribution in [0.15, 0.2) is 55.6 Å². The maximum Gasteiger partial charge on any atom is 0.313 e. The van der Waals surface area contributed by atoms with Crippen LogP contribution in [0.4, 0.5) is 0 Å². The Morgan fingerprint density at radius 3 is 2.52 bits per heavy atom. The third-order valence-corrected chi connectivity index (χ3v) is 9.20. The lowest BCUT2D eigenvalue weighted by Crippen LogP contribution is -2.61. The van der Waals surface area contributed by atoms with Gasteiger partial charge in [0, 0.05) is 18.5 Å². The number of nitrogens with zero attached hydrogens (tertiary/aromatic N) is 2. The number of aliphatic hydroxyl groups is 1. The molecule has 4 rings (SSSR count). The number of carbonyl (C=O) groups excluding carboxylic acids is 4. The highest BCUT2D eigenvalue weighted by atomic mass is 16.6. The molecule has 2 bridgehead atoms. The van der Waals surface area contributed by atoms with E-state index < -0.39 is 53.2 Å². The summed E-state index contributed by atoms with van der Waals surface area (Å²) < 4.78 is 12.6. The van der Waals surface area contributed by atoms with Crippen LogP contribution in [0.3, 0.4) is 0 Å². The zero-order chi connectivity index (χ0) is 32.2. The summed E-state index contributed by atoms with van der Waals surface area (Å²) in [4.78, 5) is 58.3. The second kappa shape index (κ2) is 13.6. The molecule has 3 amide bonds. The van der Waals surface area contributed by atoms with Crippen LogP contribution in [-0.4, -0.2) is 87.6 Å². The van der Waals surface area contributed by atoms with E-state index in [9.17, 15) is 24.3 Å². The number of nitrogens with one attached hydrogen (secondary N) is 1. The fourth-order valence-electron chi connectivity index (χ4n) is 7.06. The van der Waals surface area contributed by atoms with E-state index in [1.165, 1.54) is 4.90 Å². The first-order chi connectivity index (χ1) is 20.9. The van der Waals surface area contributed by atoms with Crippen molar-refractivity contribution in [2.75, 3.05) is 19.7 Å². The summed E-state index contributed by atoms with van der Waals surface area (Å²) >= 11 is 0. The summed E-state index contributed by atoms with van der Waals surface area (Å²) in [5, 5.41) is 13.1. The van der Waals surface area contributed by atoms with Crippen LogP contribution in [-0.2, 0) is 28.7 Å². The van der Waals surface area contributed by atoms with Gasteiger partial charge < -0.3 is 29.7 Å². The van der Waals surface area contributed by atoms with Crippen LogP contribution in [0, 0.1) is 11.8 Å². The third kappa shape index (κ3) is 6.19. The van der Waals surface area contributed by atoms with Crippen LogP contribution < -0.4 is 5.32 Å². The summed E-state index contributed by atoms with van der Waals surface area (Å²) in [5.41, 5.74) is -1.10. The number of amides is 3. The van der Waals surface area contributed by atoms with Crippen molar-refractivity contribution in [2.24, 2.45) is 11.8 Å². The molecular weight excluding hydrogens is 562 g/mol. The van der Waals surface area contributed by atoms with Gasteiger partial charge in [-0.15, -0.1) is 13.2 Å². The number of hydrogen-bond acceptors (Lipinski definition) is 7. The van der Waals surface area contributed by atoms with E-state index in [0.717, 1.165) is 0 Å². The molecule has 1 aromatic rings. The van der Waals surface area contributed by atoms with Gasteiger partial charge in [0.05, 0.1) is 37.1 Å². The van der Waals surface area contributed by atoms with Crippen LogP contribution in [0.5, 0.6) is 0 Å². The van der Waals surface area contributed by atoms with E-state index in [4.69, 9.17) is 9.47 Å². The minimum atomic E-state index is -1.23. The predicted octanol–water partition coefficient (Wildman–Crippen LogP) is 3.31. The van der Waals surface area contributed by atoms with Crippen molar-refractivity contribution in [3.8, 4) is 0 Å². The number of hydrogen-bond donors (Lipinski definition) is 2. The molecule has 3 fully saturated rings.